The quantitative estimate of drug-likeness (QED) is 0.479. The van der Waals surface area contributed by atoms with Gasteiger partial charge in [-0.3, -0.25) is 9.12 Å². The molecule has 0 radical (unpaired) electrons. The lowest BCUT2D eigenvalue weighted by Gasteiger charge is -2.18. The van der Waals surface area contributed by atoms with Crippen LogP contribution in [0.25, 0.3) is 16.6 Å². The Morgan fingerprint density at radius 2 is 2.09 bits per heavy atom. The summed E-state index contributed by atoms with van der Waals surface area (Å²) < 4.78 is 63.9. The molecule has 1 aliphatic rings. The molecule has 5 rings (SSSR count). The van der Waals surface area contributed by atoms with Crippen molar-refractivity contribution in [2.75, 3.05) is 17.8 Å². The average molecular weight is 470 g/mol. The topological polar surface area (TPSA) is 113 Å². The van der Waals surface area contributed by atoms with Gasteiger partial charge in [0.15, 0.2) is 11.6 Å². The Balaban J connectivity index is 1.52. The van der Waals surface area contributed by atoms with E-state index in [-0.39, 0.29) is 36.5 Å². The van der Waals surface area contributed by atoms with E-state index in [9.17, 15) is 22.5 Å². The van der Waals surface area contributed by atoms with Crippen molar-refractivity contribution in [2.24, 2.45) is 0 Å². The maximum Gasteiger partial charge on any atom is 0.301 e. The number of nitriles is 1. The third-order valence-electron chi connectivity index (χ3n) is 5.31. The van der Waals surface area contributed by atoms with Gasteiger partial charge in [0.25, 0.3) is 0 Å². The second-order valence-corrected chi connectivity index (χ2v) is 9.12. The van der Waals surface area contributed by atoms with Crippen molar-refractivity contribution >= 4 is 32.4 Å². The van der Waals surface area contributed by atoms with E-state index >= 15 is 0 Å². The lowest BCUT2D eigenvalue weighted by atomic mass is 10.1. The molecule has 1 unspecified atom stereocenters. The number of nitrogens with zero attached hydrogens (tertiary/aromatic N) is 5. The van der Waals surface area contributed by atoms with Crippen molar-refractivity contribution in [3.05, 3.63) is 60.4 Å². The van der Waals surface area contributed by atoms with Crippen molar-refractivity contribution in [1.82, 2.24) is 18.7 Å². The number of halogens is 2. The van der Waals surface area contributed by atoms with E-state index in [0.717, 1.165) is 16.4 Å². The average Bonchev–Trinajstić information content (AvgIpc) is 3.45. The lowest BCUT2D eigenvalue weighted by Crippen LogP contribution is -2.34. The molecule has 1 saturated heterocycles. The van der Waals surface area contributed by atoms with Gasteiger partial charge in [-0.2, -0.15) is 18.0 Å². The summed E-state index contributed by atoms with van der Waals surface area (Å²) in [6.45, 7) is -0.272. The molecule has 1 atom stereocenters. The van der Waals surface area contributed by atoms with Gasteiger partial charge in [0.2, 0.25) is 0 Å². The fourth-order valence-corrected chi connectivity index (χ4v) is 4.97. The summed E-state index contributed by atoms with van der Waals surface area (Å²) in [6, 6.07) is 8.73. The van der Waals surface area contributed by atoms with Crippen LogP contribution in [0, 0.1) is 17.1 Å². The molecule has 2 aromatic heterocycles. The van der Waals surface area contributed by atoms with Crippen molar-refractivity contribution < 1.29 is 21.9 Å². The van der Waals surface area contributed by atoms with Crippen LogP contribution < -0.4 is 9.46 Å². The van der Waals surface area contributed by atoms with E-state index in [1.165, 1.54) is 0 Å². The number of alkyl halides is 1. The maximum atomic E-state index is 14.7. The first-order valence-electron chi connectivity index (χ1n) is 9.89. The molecule has 12 heteroatoms. The van der Waals surface area contributed by atoms with Gasteiger partial charge < -0.3 is 4.74 Å². The highest BCUT2D eigenvalue weighted by Gasteiger charge is 2.32. The smallest absolute Gasteiger partial charge is 0.301 e. The first-order chi connectivity index (χ1) is 15.9. The molecule has 2 aromatic carbocycles. The van der Waals surface area contributed by atoms with Crippen molar-refractivity contribution in [3.8, 4) is 17.6 Å². The van der Waals surface area contributed by atoms with Gasteiger partial charge in [0, 0.05) is 30.9 Å². The minimum Gasteiger partial charge on any atom is -0.453 e. The number of aromatic nitrogens is 3. The number of fused-ring (bicyclic) bond motifs is 3. The fourth-order valence-electron chi connectivity index (χ4n) is 3.69. The maximum absolute atomic E-state index is 14.7. The van der Waals surface area contributed by atoms with Crippen LogP contribution in [0.2, 0.25) is 0 Å². The molecule has 1 aliphatic heterocycles. The first kappa shape index (κ1) is 21.0. The summed E-state index contributed by atoms with van der Waals surface area (Å²) in [7, 11) is -4.13. The number of hydrogen-bond acceptors (Lipinski definition) is 6. The van der Waals surface area contributed by atoms with Gasteiger partial charge in [-0.15, -0.1) is 0 Å². The molecule has 4 aromatic rings. The Bertz CT molecular complexity index is 1530. The van der Waals surface area contributed by atoms with Crippen LogP contribution in [0.3, 0.4) is 0 Å². The molecule has 33 heavy (non-hydrogen) atoms. The highest BCUT2D eigenvalue weighted by atomic mass is 32.2. The first-order valence-corrected chi connectivity index (χ1v) is 11.3. The summed E-state index contributed by atoms with van der Waals surface area (Å²) in [5, 5.41) is 10.3. The minimum atomic E-state index is -4.13. The molecule has 1 fully saturated rings. The molecule has 168 valence electrons. The van der Waals surface area contributed by atoms with Crippen LogP contribution in [-0.2, 0) is 10.2 Å². The normalized spacial score (nSPS) is 16.8. The van der Waals surface area contributed by atoms with E-state index in [1.54, 1.807) is 47.4 Å². The van der Waals surface area contributed by atoms with Crippen LogP contribution in [0.5, 0.6) is 11.5 Å². The standard InChI is InChI=1S/C21H16F2N6O3S/c22-13-5-7-29(11-13)33(30,31)27-19-4-2-17(23)20(16(19)10-24)32-14-1-3-18-15(9-14)21-25-6-8-28(21)12-26-18/h1-4,6,8-9,12-13,27H,5,7,11H2. The highest BCUT2D eigenvalue weighted by Crippen LogP contribution is 2.35. The number of nitrogens with one attached hydrogen (secondary N) is 1. The van der Waals surface area contributed by atoms with Crippen molar-refractivity contribution in [1.29, 1.82) is 5.26 Å². The zero-order chi connectivity index (χ0) is 23.2. The van der Waals surface area contributed by atoms with E-state index < -0.39 is 27.9 Å². The Kier molecular flexibility index (Phi) is 5.07. The van der Waals surface area contributed by atoms with Crippen molar-refractivity contribution in [2.45, 2.75) is 12.6 Å². The van der Waals surface area contributed by atoms with Crippen LogP contribution >= 0.6 is 0 Å². The summed E-state index contributed by atoms with van der Waals surface area (Å²) in [6.07, 6.45) is 3.78. The highest BCUT2D eigenvalue weighted by molar-refractivity contribution is 7.90. The number of imidazole rings is 1. The van der Waals surface area contributed by atoms with E-state index in [4.69, 9.17) is 4.74 Å². The Labute approximate surface area is 187 Å². The Morgan fingerprint density at radius 3 is 2.85 bits per heavy atom. The second kappa shape index (κ2) is 7.95. The molecule has 0 amide bonds. The number of hydrogen-bond donors (Lipinski definition) is 1. The Hall–Kier alpha value is -3.82. The Morgan fingerprint density at radius 1 is 1.24 bits per heavy atom. The van der Waals surface area contributed by atoms with Gasteiger partial charge in [-0.05, 0) is 36.8 Å². The third-order valence-corrected chi connectivity index (χ3v) is 6.80. The monoisotopic (exact) mass is 470 g/mol. The van der Waals surface area contributed by atoms with E-state index in [1.807, 2.05) is 0 Å². The largest absolute Gasteiger partial charge is 0.453 e. The summed E-state index contributed by atoms with van der Waals surface area (Å²) in [5.74, 6) is -1.09. The predicted octanol–water partition coefficient (Wildman–Crippen LogP) is 3.39. The fraction of sp³-hybridized carbons (Fsp3) is 0.190. The van der Waals surface area contributed by atoms with Crippen LogP contribution in [0.1, 0.15) is 12.0 Å². The summed E-state index contributed by atoms with van der Waals surface area (Å²) in [5.41, 5.74) is 0.742. The van der Waals surface area contributed by atoms with Gasteiger partial charge in [0.1, 0.15) is 35.5 Å². The zero-order valence-corrected chi connectivity index (χ0v) is 17.8. The number of rotatable bonds is 5. The van der Waals surface area contributed by atoms with Gasteiger partial charge in [-0.25, -0.2) is 18.7 Å². The van der Waals surface area contributed by atoms with Crippen molar-refractivity contribution in [3.63, 3.8) is 0 Å². The van der Waals surface area contributed by atoms with Crippen LogP contribution in [0.4, 0.5) is 14.5 Å². The van der Waals surface area contributed by atoms with Gasteiger partial charge in [-0.1, -0.05) is 0 Å². The molecule has 0 spiro atoms. The molecule has 3 heterocycles. The third kappa shape index (κ3) is 3.81. The predicted molar refractivity (Wildman–Crippen MR) is 115 cm³/mol. The molecule has 9 nitrogen and oxygen atoms in total. The molecule has 1 N–H and O–H groups in total. The number of benzene rings is 2. The SMILES string of the molecule is N#Cc1c(NS(=O)(=O)N2CCC(F)C2)ccc(F)c1Oc1ccc2ncn3ccnc3c2c1. The molecule has 0 aliphatic carbocycles. The molecule has 0 bridgehead atoms. The second-order valence-electron chi connectivity index (χ2n) is 7.45. The molecular weight excluding hydrogens is 454 g/mol. The minimum absolute atomic E-state index is 0.0102. The van der Waals surface area contributed by atoms with E-state index in [2.05, 4.69) is 14.7 Å². The lowest BCUT2D eigenvalue weighted by molar-refractivity contribution is 0.343. The molecular formula is C21H16F2N6O3S. The van der Waals surface area contributed by atoms with E-state index in [0.29, 0.717) is 16.6 Å². The summed E-state index contributed by atoms with van der Waals surface area (Å²) in [4.78, 5) is 8.59. The van der Waals surface area contributed by atoms with Gasteiger partial charge in [0.05, 0.1) is 11.2 Å². The summed E-state index contributed by atoms with van der Waals surface area (Å²) >= 11 is 0. The molecule has 0 saturated carbocycles. The van der Waals surface area contributed by atoms with Gasteiger partial charge >= 0.3 is 10.2 Å². The van der Waals surface area contributed by atoms with Crippen LogP contribution in [0.15, 0.2) is 49.1 Å². The number of ether oxygens (including phenoxy) is 1. The zero-order valence-electron chi connectivity index (χ0n) is 16.9. The number of anilines is 1. The van der Waals surface area contributed by atoms with Crippen LogP contribution in [-0.4, -0.2) is 46.4 Å².